The number of unbranched alkanes of at least 4 members (excludes halogenated alkanes) is 9. The van der Waals surface area contributed by atoms with Gasteiger partial charge in [0, 0.05) is 0 Å². The molecule has 0 fully saturated rings. The Bertz CT molecular complexity index is 713. The van der Waals surface area contributed by atoms with Gasteiger partial charge in [-0.15, -0.1) is 0 Å². The molecule has 1 rings (SSSR count). The number of alkyl halides is 6. The predicted octanol–water partition coefficient (Wildman–Crippen LogP) is 7.35. The molecular weight excluding hydrogens is 446 g/mol. The normalized spacial score (nSPS) is 13.2. The molecule has 1 aromatic rings. The first kappa shape index (κ1) is 27.7. The summed E-state index contributed by atoms with van der Waals surface area (Å²) >= 11 is 0. The van der Waals surface area contributed by atoms with E-state index in [2.05, 4.69) is 11.1 Å². The monoisotopic (exact) mass is 476 g/mol. The first-order valence-electron chi connectivity index (χ1n) is 10.5. The molecule has 0 heterocycles. The molecule has 31 heavy (non-hydrogen) atoms. The van der Waals surface area contributed by atoms with Crippen LogP contribution in [0, 0.1) is 0 Å². The Kier molecular flexibility index (Phi) is 11.3. The minimum absolute atomic E-state index is 0.644. The molecule has 0 saturated heterocycles. The lowest BCUT2D eigenvalue weighted by Gasteiger charge is -2.22. The van der Waals surface area contributed by atoms with Gasteiger partial charge in [-0.1, -0.05) is 76.8 Å². The quantitative estimate of drug-likeness (QED) is 0.160. The molecule has 0 saturated carbocycles. The van der Waals surface area contributed by atoms with E-state index in [0.717, 1.165) is 43.4 Å². The van der Waals surface area contributed by atoms with Crippen molar-refractivity contribution in [3.63, 3.8) is 0 Å². The fourth-order valence-electron chi connectivity index (χ4n) is 3.12. The van der Waals surface area contributed by atoms with E-state index in [-0.39, 0.29) is 0 Å². The summed E-state index contributed by atoms with van der Waals surface area (Å²) in [6, 6.07) is 4.68. The zero-order valence-electron chi connectivity index (χ0n) is 17.6. The Hall–Kier alpha value is -1.29. The highest BCUT2D eigenvalue weighted by atomic mass is 32.2. The molecule has 3 nitrogen and oxygen atoms in total. The fourth-order valence-corrected chi connectivity index (χ4v) is 4.17. The molecule has 0 N–H and O–H groups in total. The first-order chi connectivity index (χ1) is 14.4. The van der Waals surface area contributed by atoms with Crippen LogP contribution in [-0.4, -0.2) is 26.9 Å². The van der Waals surface area contributed by atoms with Gasteiger partial charge in [-0.3, -0.25) is 0 Å². The summed E-state index contributed by atoms with van der Waals surface area (Å²) in [6.07, 6.45) is -3.98. The van der Waals surface area contributed by atoms with Gasteiger partial charge in [0.1, 0.15) is 0 Å². The summed E-state index contributed by atoms with van der Waals surface area (Å²) in [5.41, 5.74) is 0.752. The summed E-state index contributed by atoms with van der Waals surface area (Å²) < 4.78 is 102. The van der Waals surface area contributed by atoms with Crippen LogP contribution in [0.2, 0.25) is 0 Å². The van der Waals surface area contributed by atoms with Crippen molar-refractivity contribution >= 4 is 10.1 Å². The van der Waals surface area contributed by atoms with E-state index in [1.54, 1.807) is 0 Å². The van der Waals surface area contributed by atoms with E-state index >= 15 is 0 Å². The van der Waals surface area contributed by atoms with Crippen molar-refractivity contribution in [1.82, 2.24) is 0 Å². The lowest BCUT2D eigenvalue weighted by Crippen LogP contribution is -2.45. The van der Waals surface area contributed by atoms with E-state index in [1.165, 1.54) is 50.7 Å². The first-order valence-corrected chi connectivity index (χ1v) is 11.9. The maximum absolute atomic E-state index is 12.5. The van der Waals surface area contributed by atoms with E-state index in [9.17, 15) is 34.8 Å². The molecule has 0 unspecified atom stereocenters. The van der Waals surface area contributed by atoms with Gasteiger partial charge in [0.25, 0.3) is 16.2 Å². The van der Waals surface area contributed by atoms with Gasteiger partial charge in [-0.2, -0.15) is 34.8 Å². The third-order valence-electron chi connectivity index (χ3n) is 4.85. The van der Waals surface area contributed by atoms with Gasteiger partial charge in [0.2, 0.25) is 0 Å². The summed E-state index contributed by atoms with van der Waals surface area (Å²) in [4.78, 5) is -0.752. The average Bonchev–Trinajstić information content (AvgIpc) is 2.66. The fraction of sp³-hybridized carbons (Fsp3) is 0.714. The number of halogens is 6. The van der Waals surface area contributed by atoms with Crippen molar-refractivity contribution < 1.29 is 38.9 Å². The Morgan fingerprint density at radius 3 is 1.58 bits per heavy atom. The molecular formula is C21H30F6O3S. The van der Waals surface area contributed by atoms with Crippen molar-refractivity contribution in [2.45, 2.75) is 101 Å². The van der Waals surface area contributed by atoms with E-state index in [0.29, 0.717) is 6.42 Å². The van der Waals surface area contributed by atoms with Gasteiger partial charge < -0.3 is 0 Å². The standard InChI is InChI=1S/C21H30F6O3S/c1-2-3-4-5-6-7-8-9-10-11-12-17-13-15-18(16-14-17)31(28,29)30-19(20(22,23)24)21(25,26)27/h13-16,19H,2-12H2,1H3. The van der Waals surface area contributed by atoms with Crippen LogP contribution in [0.4, 0.5) is 26.3 Å². The SMILES string of the molecule is CCCCCCCCCCCCc1ccc(S(=O)(=O)OC(C(F)(F)F)C(F)(F)F)cc1. The van der Waals surface area contributed by atoms with Gasteiger partial charge in [0.15, 0.2) is 0 Å². The maximum Gasteiger partial charge on any atom is 0.425 e. The van der Waals surface area contributed by atoms with Crippen molar-refractivity contribution in [1.29, 1.82) is 0 Å². The summed E-state index contributed by atoms with van der Waals surface area (Å²) in [5, 5.41) is 0. The third-order valence-corrected chi connectivity index (χ3v) is 6.14. The minimum atomic E-state index is -5.90. The summed E-state index contributed by atoms with van der Waals surface area (Å²) in [7, 11) is -5.23. The molecule has 10 heteroatoms. The Balaban J connectivity index is 2.47. The van der Waals surface area contributed by atoms with Crippen LogP contribution in [0.25, 0.3) is 0 Å². The summed E-state index contributed by atoms with van der Waals surface area (Å²) in [5.74, 6) is 0. The minimum Gasteiger partial charge on any atom is -0.244 e. The second-order valence-electron chi connectivity index (χ2n) is 7.59. The largest absolute Gasteiger partial charge is 0.425 e. The van der Waals surface area contributed by atoms with Gasteiger partial charge in [-0.05, 0) is 30.5 Å². The Labute approximate surface area is 180 Å². The van der Waals surface area contributed by atoms with E-state index in [1.807, 2.05) is 0 Å². The maximum atomic E-state index is 12.5. The van der Waals surface area contributed by atoms with Gasteiger partial charge >= 0.3 is 12.4 Å². The second-order valence-corrected chi connectivity index (χ2v) is 9.16. The van der Waals surface area contributed by atoms with Crippen LogP contribution in [0.1, 0.15) is 76.7 Å². The highest BCUT2D eigenvalue weighted by Crippen LogP contribution is 2.37. The Morgan fingerprint density at radius 1 is 0.742 bits per heavy atom. The van der Waals surface area contributed by atoms with Crippen molar-refractivity contribution in [3.05, 3.63) is 29.8 Å². The van der Waals surface area contributed by atoms with Crippen LogP contribution in [-0.2, 0) is 20.7 Å². The number of hydrogen-bond donors (Lipinski definition) is 0. The lowest BCUT2D eigenvalue weighted by molar-refractivity contribution is -0.299. The molecule has 180 valence electrons. The van der Waals surface area contributed by atoms with Crippen LogP contribution in [0.5, 0.6) is 0 Å². The number of aryl methyl sites for hydroxylation is 1. The van der Waals surface area contributed by atoms with Gasteiger partial charge in [0.05, 0.1) is 4.90 Å². The molecule has 0 aliphatic rings. The van der Waals surface area contributed by atoms with Crippen LogP contribution in [0.3, 0.4) is 0 Å². The predicted molar refractivity (Wildman–Crippen MR) is 106 cm³/mol. The highest BCUT2D eigenvalue weighted by molar-refractivity contribution is 7.86. The van der Waals surface area contributed by atoms with Crippen LogP contribution < -0.4 is 0 Å². The number of hydrogen-bond acceptors (Lipinski definition) is 3. The van der Waals surface area contributed by atoms with E-state index < -0.39 is 33.5 Å². The second kappa shape index (κ2) is 12.7. The zero-order chi connectivity index (χ0) is 23.5. The Morgan fingerprint density at radius 2 is 1.16 bits per heavy atom. The van der Waals surface area contributed by atoms with Gasteiger partial charge in [-0.25, -0.2) is 4.18 Å². The lowest BCUT2D eigenvalue weighted by atomic mass is 10.0. The molecule has 0 radical (unpaired) electrons. The number of rotatable bonds is 14. The van der Waals surface area contributed by atoms with Crippen LogP contribution in [0.15, 0.2) is 29.2 Å². The smallest absolute Gasteiger partial charge is 0.244 e. The molecule has 0 bridgehead atoms. The third kappa shape index (κ3) is 10.7. The summed E-state index contributed by atoms with van der Waals surface area (Å²) in [6.45, 7) is 2.18. The molecule has 0 atom stereocenters. The molecule has 1 aromatic carbocycles. The van der Waals surface area contributed by atoms with Crippen molar-refractivity contribution in [3.8, 4) is 0 Å². The van der Waals surface area contributed by atoms with Crippen molar-refractivity contribution in [2.75, 3.05) is 0 Å². The molecule has 0 amide bonds. The molecule has 0 aliphatic heterocycles. The average molecular weight is 477 g/mol. The molecule has 0 aliphatic carbocycles. The number of benzene rings is 1. The topological polar surface area (TPSA) is 43.4 Å². The van der Waals surface area contributed by atoms with E-state index in [4.69, 9.17) is 0 Å². The van der Waals surface area contributed by atoms with Crippen molar-refractivity contribution in [2.24, 2.45) is 0 Å². The highest BCUT2D eigenvalue weighted by Gasteiger charge is 2.60. The molecule has 0 aromatic heterocycles. The zero-order valence-corrected chi connectivity index (χ0v) is 18.4. The van der Waals surface area contributed by atoms with Crippen LogP contribution >= 0.6 is 0 Å². The molecule has 0 spiro atoms.